The summed E-state index contributed by atoms with van der Waals surface area (Å²) < 4.78 is 35.2. The first-order valence-electron chi connectivity index (χ1n) is 14.0. The summed E-state index contributed by atoms with van der Waals surface area (Å²) >= 11 is 1.16. The van der Waals surface area contributed by atoms with Crippen LogP contribution >= 0.6 is 11.3 Å². The van der Waals surface area contributed by atoms with E-state index in [4.69, 9.17) is 4.74 Å². The first-order chi connectivity index (χ1) is 20.1. The van der Waals surface area contributed by atoms with Crippen molar-refractivity contribution in [1.82, 2.24) is 10.2 Å². The number of piperidine rings is 1. The fourth-order valence-corrected chi connectivity index (χ4v) is 5.86. The smallest absolute Gasteiger partial charge is 0.407 e. The van der Waals surface area contributed by atoms with Gasteiger partial charge in [0.15, 0.2) is 0 Å². The third-order valence-corrected chi connectivity index (χ3v) is 7.89. The Morgan fingerprint density at radius 3 is 2.42 bits per heavy atom. The molecule has 11 heteroatoms. The summed E-state index contributed by atoms with van der Waals surface area (Å²) in [4.78, 5) is 28.6. The van der Waals surface area contributed by atoms with Gasteiger partial charge in [-0.15, -0.1) is 11.3 Å². The topological polar surface area (TPSA) is 115 Å². The summed E-state index contributed by atoms with van der Waals surface area (Å²) in [6, 6.07) is 12.0. The number of hydrogen-bond donors (Lipinski definition) is 3. The van der Waals surface area contributed by atoms with Gasteiger partial charge in [0.05, 0.1) is 21.7 Å². The minimum atomic E-state index is -1.04. The Morgan fingerprint density at radius 2 is 1.79 bits per heavy atom. The van der Waals surface area contributed by atoms with Crippen LogP contribution in [0.2, 0.25) is 0 Å². The maximum Gasteiger partial charge on any atom is 0.407 e. The molecule has 2 heterocycles. The highest BCUT2D eigenvalue weighted by Crippen LogP contribution is 2.41. The van der Waals surface area contributed by atoms with Crippen molar-refractivity contribution in [2.45, 2.75) is 64.7 Å². The number of rotatable bonds is 7. The van der Waals surface area contributed by atoms with Gasteiger partial charge in [0, 0.05) is 36.1 Å². The highest BCUT2D eigenvalue weighted by atomic mass is 32.1. The van der Waals surface area contributed by atoms with Crippen molar-refractivity contribution < 1.29 is 28.2 Å². The molecule has 0 saturated carbocycles. The number of nitrogens with zero attached hydrogens (tertiary/aromatic N) is 2. The van der Waals surface area contributed by atoms with Gasteiger partial charge in [-0.05, 0) is 88.9 Å². The second-order valence-electron chi connectivity index (χ2n) is 12.3. The van der Waals surface area contributed by atoms with E-state index in [1.165, 1.54) is 18.2 Å². The molecule has 3 aromatic rings. The summed E-state index contributed by atoms with van der Waals surface area (Å²) in [6.07, 6.45) is 0.835. The quantitative estimate of drug-likeness (QED) is 0.280. The molecule has 4 rings (SSSR count). The molecule has 1 aliphatic rings. The maximum absolute atomic E-state index is 15.2. The van der Waals surface area contributed by atoms with Gasteiger partial charge in [0.25, 0.3) is 5.91 Å². The summed E-state index contributed by atoms with van der Waals surface area (Å²) in [7, 11) is 0. The van der Waals surface area contributed by atoms with Crippen molar-refractivity contribution in [2.75, 3.05) is 25.0 Å². The van der Waals surface area contributed by atoms with E-state index in [2.05, 4.69) is 10.6 Å². The standard InChI is InChI=1S/C32H36F2N4O4S/c1-31(2,3)42-30(40)37-22-7-6-12-38(17-22)29(39)27-15-23(19-8-9-21(16-35)24(33)13-19)28(43-27)20-10-11-26(25(34)14-20)36-18-32(4,5)41/h8-11,13-15,22,36,41H,6-7,12,17-18H2,1-5H3,(H,37,40)/t22-/m1/s1. The van der Waals surface area contributed by atoms with Gasteiger partial charge in [-0.3, -0.25) is 4.79 Å². The number of hydrogen-bond acceptors (Lipinski definition) is 7. The van der Waals surface area contributed by atoms with E-state index in [-0.39, 0.29) is 29.7 Å². The number of aliphatic hydroxyl groups is 1. The van der Waals surface area contributed by atoms with Crippen LogP contribution in [-0.4, -0.2) is 58.9 Å². The Balaban J connectivity index is 1.65. The van der Waals surface area contributed by atoms with E-state index in [1.807, 2.05) is 0 Å². The zero-order valence-corrected chi connectivity index (χ0v) is 25.7. The molecule has 1 aliphatic heterocycles. The maximum atomic E-state index is 15.2. The highest BCUT2D eigenvalue weighted by Gasteiger charge is 2.29. The van der Waals surface area contributed by atoms with Crippen LogP contribution in [0.25, 0.3) is 21.6 Å². The van der Waals surface area contributed by atoms with E-state index in [1.54, 1.807) is 69.9 Å². The van der Waals surface area contributed by atoms with Crippen molar-refractivity contribution in [3.8, 4) is 27.6 Å². The SMILES string of the molecule is CC(C)(O)CNc1ccc(-c2sc(C(=O)N3CCC[C@@H](NC(=O)OC(C)(C)C)C3)cc2-c2ccc(C#N)c(F)c2)cc1F. The largest absolute Gasteiger partial charge is 0.444 e. The third kappa shape index (κ3) is 8.30. The number of benzene rings is 2. The molecule has 0 radical (unpaired) electrons. The molecule has 0 aliphatic carbocycles. The molecule has 3 N–H and O–H groups in total. The molecule has 1 atom stereocenters. The van der Waals surface area contributed by atoms with Gasteiger partial charge < -0.3 is 25.4 Å². The summed E-state index contributed by atoms with van der Waals surface area (Å²) in [5.41, 5.74) is -0.145. The lowest BCUT2D eigenvalue weighted by atomic mass is 10.00. The number of ether oxygens (including phenoxy) is 1. The predicted octanol–water partition coefficient (Wildman–Crippen LogP) is 6.54. The van der Waals surface area contributed by atoms with Crippen molar-refractivity contribution in [3.05, 3.63) is 64.5 Å². The Hall–Kier alpha value is -4.01. The van der Waals surface area contributed by atoms with Crippen molar-refractivity contribution >= 4 is 29.0 Å². The van der Waals surface area contributed by atoms with Gasteiger partial charge in [-0.2, -0.15) is 5.26 Å². The van der Waals surface area contributed by atoms with Gasteiger partial charge >= 0.3 is 6.09 Å². The molecule has 1 saturated heterocycles. The van der Waals surface area contributed by atoms with Crippen LogP contribution < -0.4 is 10.6 Å². The molecule has 2 aromatic carbocycles. The Morgan fingerprint density at radius 1 is 1.09 bits per heavy atom. The summed E-state index contributed by atoms with van der Waals surface area (Å²) in [5.74, 6) is -1.51. The molecule has 0 spiro atoms. The Labute approximate surface area is 254 Å². The number of alkyl carbamates (subject to hydrolysis) is 1. The number of nitriles is 1. The molecule has 228 valence electrons. The summed E-state index contributed by atoms with van der Waals surface area (Å²) in [5, 5.41) is 24.9. The fourth-order valence-electron chi connectivity index (χ4n) is 4.72. The van der Waals surface area contributed by atoms with Crippen LogP contribution in [0.3, 0.4) is 0 Å². The van der Waals surface area contributed by atoms with Gasteiger partial charge in [-0.1, -0.05) is 12.1 Å². The van der Waals surface area contributed by atoms with Gasteiger partial charge in [-0.25, -0.2) is 13.6 Å². The van der Waals surface area contributed by atoms with Crippen LogP contribution in [-0.2, 0) is 4.74 Å². The Kier molecular flexibility index (Phi) is 9.42. The molecule has 1 aromatic heterocycles. The van der Waals surface area contributed by atoms with Crippen LogP contribution in [0, 0.1) is 23.0 Å². The van der Waals surface area contributed by atoms with Crippen molar-refractivity contribution in [3.63, 3.8) is 0 Å². The molecule has 43 heavy (non-hydrogen) atoms. The number of nitrogens with one attached hydrogen (secondary N) is 2. The van der Waals surface area contributed by atoms with Crippen LogP contribution in [0.1, 0.15) is 62.7 Å². The second kappa shape index (κ2) is 12.7. The predicted molar refractivity (Wildman–Crippen MR) is 163 cm³/mol. The van der Waals surface area contributed by atoms with Crippen LogP contribution in [0.4, 0.5) is 19.3 Å². The monoisotopic (exact) mass is 610 g/mol. The first kappa shape index (κ1) is 31.9. The molecule has 0 bridgehead atoms. The lowest BCUT2D eigenvalue weighted by Gasteiger charge is -2.33. The van der Waals surface area contributed by atoms with E-state index >= 15 is 4.39 Å². The average molecular weight is 611 g/mol. The van der Waals surface area contributed by atoms with Crippen LogP contribution in [0.15, 0.2) is 42.5 Å². The lowest BCUT2D eigenvalue weighted by molar-refractivity contribution is 0.0453. The van der Waals surface area contributed by atoms with Gasteiger partial charge in [0.1, 0.15) is 23.3 Å². The van der Waals surface area contributed by atoms with E-state index in [0.29, 0.717) is 52.4 Å². The molecule has 2 amide bonds. The molecular formula is C32H36F2N4O4S. The van der Waals surface area contributed by atoms with E-state index in [0.717, 1.165) is 11.3 Å². The number of anilines is 1. The lowest BCUT2D eigenvalue weighted by Crippen LogP contribution is -2.50. The molecular weight excluding hydrogens is 574 g/mol. The number of carbonyl (C=O) groups excluding carboxylic acids is 2. The molecule has 8 nitrogen and oxygen atoms in total. The number of likely N-dealkylation sites (tertiary alicyclic amines) is 1. The first-order valence-corrected chi connectivity index (χ1v) is 14.8. The zero-order chi connectivity index (χ0) is 31.5. The van der Waals surface area contributed by atoms with Crippen molar-refractivity contribution in [1.29, 1.82) is 5.26 Å². The van der Waals surface area contributed by atoms with E-state index < -0.39 is 28.9 Å². The second-order valence-corrected chi connectivity index (χ2v) is 13.3. The average Bonchev–Trinajstić information content (AvgIpc) is 3.36. The van der Waals surface area contributed by atoms with E-state index in [9.17, 15) is 24.3 Å². The normalized spacial score (nSPS) is 15.5. The highest BCUT2D eigenvalue weighted by molar-refractivity contribution is 7.18. The summed E-state index contributed by atoms with van der Waals surface area (Å²) in [6.45, 7) is 9.48. The van der Waals surface area contributed by atoms with Gasteiger partial charge in [0.2, 0.25) is 0 Å². The minimum Gasteiger partial charge on any atom is -0.444 e. The Bertz CT molecular complexity index is 1550. The number of halogens is 2. The van der Waals surface area contributed by atoms with Crippen LogP contribution in [0.5, 0.6) is 0 Å². The molecule has 1 fully saturated rings. The zero-order valence-electron chi connectivity index (χ0n) is 24.9. The minimum absolute atomic E-state index is 0.109. The van der Waals surface area contributed by atoms with Crippen molar-refractivity contribution in [2.24, 2.45) is 0 Å². The number of amides is 2. The fraction of sp³-hybridized carbons (Fsp3) is 0.406. The molecule has 0 unspecified atom stereocenters. The number of carbonyl (C=O) groups is 2. The number of thiophene rings is 1. The third-order valence-electron chi connectivity index (χ3n) is 6.72.